The van der Waals surface area contributed by atoms with Gasteiger partial charge in [0, 0.05) is 49.2 Å². The van der Waals surface area contributed by atoms with Crippen LogP contribution < -0.4 is 10.2 Å². The minimum absolute atomic E-state index is 0.126. The van der Waals surface area contributed by atoms with E-state index in [1.807, 2.05) is 11.9 Å². The number of aromatic nitrogens is 2. The van der Waals surface area contributed by atoms with Crippen molar-refractivity contribution < 1.29 is 4.79 Å². The van der Waals surface area contributed by atoms with Gasteiger partial charge in [-0.15, -0.1) is 0 Å². The van der Waals surface area contributed by atoms with E-state index in [0.29, 0.717) is 12.5 Å². The monoisotopic (exact) mass is 361 g/mol. The van der Waals surface area contributed by atoms with Crippen LogP contribution in [0.5, 0.6) is 0 Å². The van der Waals surface area contributed by atoms with Gasteiger partial charge in [0.1, 0.15) is 0 Å². The van der Waals surface area contributed by atoms with Crippen LogP contribution in [0.15, 0.2) is 12.4 Å². The number of nitrogens with one attached hydrogen (secondary N) is 1. The highest BCUT2D eigenvalue weighted by atomic mass is 127. The van der Waals surface area contributed by atoms with Crippen LogP contribution in [0.4, 0.5) is 5.95 Å². The van der Waals surface area contributed by atoms with Crippen LogP contribution in [0.1, 0.15) is 0 Å². The summed E-state index contributed by atoms with van der Waals surface area (Å²) in [7, 11) is 1.84. The number of amides is 1. The first-order chi connectivity index (χ1) is 8.66. The Morgan fingerprint density at radius 2 is 2.06 bits per heavy atom. The first-order valence-corrected chi connectivity index (χ1v) is 6.92. The highest BCUT2D eigenvalue weighted by Crippen LogP contribution is 2.07. The van der Waals surface area contributed by atoms with Gasteiger partial charge in [-0.2, -0.15) is 0 Å². The smallest absolute Gasteiger partial charge is 0.242 e. The Morgan fingerprint density at radius 3 is 2.67 bits per heavy atom. The van der Waals surface area contributed by atoms with E-state index in [0.717, 1.165) is 29.7 Å². The van der Waals surface area contributed by atoms with Crippen molar-refractivity contribution >= 4 is 34.4 Å². The summed E-state index contributed by atoms with van der Waals surface area (Å²) in [4.78, 5) is 24.1. The predicted octanol–water partition coefficient (Wildman–Crippen LogP) is -0.0508. The fraction of sp³-hybridized carbons (Fsp3) is 0.545. The maximum absolute atomic E-state index is 12.0. The molecule has 1 aliphatic heterocycles. The highest BCUT2D eigenvalue weighted by Gasteiger charge is 2.18. The molecule has 0 unspecified atom stereocenters. The number of hydrogen-bond donors (Lipinski definition) is 1. The molecule has 0 spiro atoms. The van der Waals surface area contributed by atoms with E-state index in [9.17, 15) is 4.79 Å². The van der Waals surface area contributed by atoms with E-state index < -0.39 is 0 Å². The van der Waals surface area contributed by atoms with E-state index in [2.05, 4.69) is 37.9 Å². The fourth-order valence-electron chi connectivity index (χ4n) is 1.79. The van der Waals surface area contributed by atoms with Crippen LogP contribution in [0, 0.1) is 3.57 Å². The third-order valence-electron chi connectivity index (χ3n) is 2.79. The van der Waals surface area contributed by atoms with Gasteiger partial charge in [-0.05, 0) is 22.6 Å². The number of hydrogen-bond acceptors (Lipinski definition) is 5. The lowest BCUT2D eigenvalue weighted by molar-refractivity contribution is -0.130. The molecule has 1 N–H and O–H groups in total. The van der Waals surface area contributed by atoms with Crippen LogP contribution in [-0.2, 0) is 4.79 Å². The summed E-state index contributed by atoms with van der Waals surface area (Å²) in [6.07, 6.45) is 3.49. The SMILES string of the molecule is CN(CC(=O)N1CCNCC1)c1ncc(I)cn1. The molecule has 0 aromatic carbocycles. The molecule has 18 heavy (non-hydrogen) atoms. The van der Waals surface area contributed by atoms with Crippen LogP contribution >= 0.6 is 22.6 Å². The number of rotatable bonds is 3. The average molecular weight is 361 g/mol. The van der Waals surface area contributed by atoms with Crippen molar-refractivity contribution in [1.29, 1.82) is 0 Å². The molecule has 0 bridgehead atoms. The maximum atomic E-state index is 12.0. The first kappa shape index (κ1) is 13.5. The van der Waals surface area contributed by atoms with Crippen molar-refractivity contribution in [1.82, 2.24) is 20.2 Å². The fourth-order valence-corrected chi connectivity index (χ4v) is 2.07. The Balaban J connectivity index is 1.91. The molecule has 98 valence electrons. The van der Waals surface area contributed by atoms with E-state index in [-0.39, 0.29) is 5.91 Å². The first-order valence-electron chi connectivity index (χ1n) is 5.84. The number of nitrogens with zero attached hydrogens (tertiary/aromatic N) is 4. The summed E-state index contributed by atoms with van der Waals surface area (Å²) in [5.74, 6) is 0.708. The molecular weight excluding hydrogens is 345 g/mol. The summed E-state index contributed by atoms with van der Waals surface area (Å²) in [6, 6.07) is 0. The second-order valence-corrected chi connectivity index (χ2v) is 5.43. The zero-order valence-electron chi connectivity index (χ0n) is 10.3. The molecule has 0 radical (unpaired) electrons. The van der Waals surface area contributed by atoms with Gasteiger partial charge in [0.05, 0.1) is 6.54 Å². The second-order valence-electron chi connectivity index (χ2n) is 4.19. The standard InChI is InChI=1S/C11H16IN5O/c1-16(11-14-6-9(12)7-15-11)8-10(18)17-4-2-13-3-5-17/h6-7,13H,2-5,8H2,1H3. The van der Waals surface area contributed by atoms with Gasteiger partial charge in [0.2, 0.25) is 11.9 Å². The Morgan fingerprint density at radius 1 is 1.44 bits per heavy atom. The van der Waals surface area contributed by atoms with Gasteiger partial charge in [-0.3, -0.25) is 4.79 Å². The highest BCUT2D eigenvalue weighted by molar-refractivity contribution is 14.1. The molecule has 7 heteroatoms. The number of anilines is 1. The molecule has 1 amide bonds. The quantitative estimate of drug-likeness (QED) is 0.765. The van der Waals surface area contributed by atoms with E-state index >= 15 is 0 Å². The van der Waals surface area contributed by atoms with Gasteiger partial charge < -0.3 is 15.1 Å². The van der Waals surface area contributed by atoms with Crippen molar-refractivity contribution in [2.24, 2.45) is 0 Å². The summed E-state index contributed by atoms with van der Waals surface area (Å²) in [6.45, 7) is 3.62. The number of carbonyl (C=O) groups excluding carboxylic acids is 1. The third-order valence-corrected chi connectivity index (χ3v) is 3.35. The normalized spacial score (nSPS) is 15.6. The number of carbonyl (C=O) groups is 1. The lowest BCUT2D eigenvalue weighted by atomic mass is 10.3. The predicted molar refractivity (Wildman–Crippen MR) is 77.5 cm³/mol. The van der Waals surface area contributed by atoms with Crippen molar-refractivity contribution in [3.8, 4) is 0 Å². The molecule has 1 aliphatic rings. The average Bonchev–Trinajstić information content (AvgIpc) is 2.40. The van der Waals surface area contributed by atoms with Gasteiger partial charge >= 0.3 is 0 Å². The van der Waals surface area contributed by atoms with Crippen molar-refractivity contribution in [2.45, 2.75) is 0 Å². The van der Waals surface area contributed by atoms with Crippen LogP contribution in [0.2, 0.25) is 0 Å². The van der Waals surface area contributed by atoms with Crippen LogP contribution in [0.3, 0.4) is 0 Å². The lowest BCUT2D eigenvalue weighted by Gasteiger charge is -2.29. The Hall–Kier alpha value is -0.960. The summed E-state index contributed by atoms with van der Waals surface area (Å²) in [5.41, 5.74) is 0. The molecule has 0 atom stereocenters. The lowest BCUT2D eigenvalue weighted by Crippen LogP contribution is -2.49. The largest absolute Gasteiger partial charge is 0.339 e. The number of halogens is 1. The maximum Gasteiger partial charge on any atom is 0.242 e. The van der Waals surface area contributed by atoms with Crippen LogP contribution in [-0.4, -0.2) is 60.5 Å². The molecule has 1 saturated heterocycles. The zero-order valence-corrected chi connectivity index (χ0v) is 12.4. The summed E-state index contributed by atoms with van der Waals surface area (Å²) >= 11 is 2.15. The summed E-state index contributed by atoms with van der Waals surface area (Å²) < 4.78 is 0.984. The van der Waals surface area contributed by atoms with Crippen molar-refractivity contribution in [2.75, 3.05) is 44.7 Å². The van der Waals surface area contributed by atoms with E-state index in [1.165, 1.54) is 0 Å². The minimum atomic E-state index is 0.126. The Kier molecular flexibility index (Phi) is 4.70. The summed E-state index contributed by atoms with van der Waals surface area (Å²) in [5, 5.41) is 3.23. The van der Waals surface area contributed by atoms with Gasteiger partial charge in [0.15, 0.2) is 0 Å². The molecule has 0 aliphatic carbocycles. The molecule has 1 fully saturated rings. The number of likely N-dealkylation sites (N-methyl/N-ethyl adjacent to an activating group) is 1. The molecule has 1 aromatic heterocycles. The molecular formula is C11H16IN5O. The second kappa shape index (κ2) is 6.28. The van der Waals surface area contributed by atoms with Crippen LogP contribution in [0.25, 0.3) is 0 Å². The van der Waals surface area contributed by atoms with E-state index in [1.54, 1.807) is 17.3 Å². The number of piperazine rings is 1. The molecule has 1 aromatic rings. The van der Waals surface area contributed by atoms with Gasteiger partial charge in [0.25, 0.3) is 0 Å². The van der Waals surface area contributed by atoms with Crippen molar-refractivity contribution in [3.05, 3.63) is 16.0 Å². The Bertz CT molecular complexity index is 404. The van der Waals surface area contributed by atoms with Crippen molar-refractivity contribution in [3.63, 3.8) is 0 Å². The van der Waals surface area contributed by atoms with Gasteiger partial charge in [-0.1, -0.05) is 0 Å². The third kappa shape index (κ3) is 3.52. The Labute approximate surface area is 120 Å². The zero-order chi connectivity index (χ0) is 13.0. The molecule has 0 saturated carbocycles. The van der Waals surface area contributed by atoms with E-state index in [4.69, 9.17) is 0 Å². The van der Waals surface area contributed by atoms with Gasteiger partial charge in [-0.25, -0.2) is 9.97 Å². The minimum Gasteiger partial charge on any atom is -0.339 e. The topological polar surface area (TPSA) is 61.4 Å². The molecule has 2 rings (SSSR count). The molecule has 2 heterocycles. The molecule has 6 nitrogen and oxygen atoms in total.